The van der Waals surface area contributed by atoms with Gasteiger partial charge < -0.3 is 14.7 Å². The molecule has 0 aromatic carbocycles. The predicted octanol–water partition coefficient (Wildman–Crippen LogP) is 3.38. The number of anilines is 1. The Bertz CT molecular complexity index is 647. The van der Waals surface area contributed by atoms with Crippen molar-refractivity contribution in [3.63, 3.8) is 0 Å². The van der Waals surface area contributed by atoms with Gasteiger partial charge in [-0.15, -0.1) is 0 Å². The van der Waals surface area contributed by atoms with Crippen molar-refractivity contribution in [3.05, 3.63) is 12.7 Å². The molecule has 7 heteroatoms. The quantitative estimate of drug-likeness (QED) is 0.854. The zero-order chi connectivity index (χ0) is 16.5. The van der Waals surface area contributed by atoms with Gasteiger partial charge in [-0.05, 0) is 31.5 Å². The number of nitrogen functional groups attached to an aromatic ring is 1. The van der Waals surface area contributed by atoms with Crippen LogP contribution < -0.4 is 5.73 Å². The van der Waals surface area contributed by atoms with E-state index in [4.69, 9.17) is 10.2 Å². The fraction of sp³-hybridized carbons (Fsp3) is 0.667. The number of imidazole rings is 1. The minimum absolute atomic E-state index is 0.236. The number of nitrogens with two attached hydrogens (primary N) is 1. The van der Waals surface area contributed by atoms with Crippen molar-refractivity contribution in [1.29, 1.82) is 0 Å². The van der Waals surface area contributed by atoms with E-state index < -0.39 is 8.32 Å². The normalized spacial score (nSPS) is 14.5. The van der Waals surface area contributed by atoms with Gasteiger partial charge in [0.2, 0.25) is 0 Å². The molecule has 1 unspecified atom stereocenters. The molecule has 2 aromatic rings. The van der Waals surface area contributed by atoms with Crippen LogP contribution in [0.25, 0.3) is 11.2 Å². The molecular formula is C15H27N5OSi. The lowest BCUT2D eigenvalue weighted by Crippen LogP contribution is -2.41. The van der Waals surface area contributed by atoms with E-state index in [0.717, 1.165) is 18.7 Å². The zero-order valence-electron chi connectivity index (χ0n) is 14.4. The number of fused-ring (bicyclic) bond motifs is 1. The summed E-state index contributed by atoms with van der Waals surface area (Å²) in [6.45, 7) is 14.2. The van der Waals surface area contributed by atoms with Gasteiger partial charge in [-0.3, -0.25) is 0 Å². The summed E-state index contributed by atoms with van der Waals surface area (Å²) in [5.74, 6) is 0.425. The summed E-state index contributed by atoms with van der Waals surface area (Å²) in [5.41, 5.74) is 7.28. The highest BCUT2D eigenvalue weighted by Crippen LogP contribution is 2.36. The molecule has 1 atom stereocenters. The standard InChI is InChI=1S/C15H27N5OSi/c1-11(7-8-21-22(5,6)15(2,3)4)20-10-19-12-13(16)17-9-18-14(12)20/h9-11H,7-8H2,1-6H3,(H2,16,17,18). The van der Waals surface area contributed by atoms with E-state index in [1.54, 1.807) is 6.33 Å². The fourth-order valence-electron chi connectivity index (χ4n) is 2.03. The van der Waals surface area contributed by atoms with Crippen molar-refractivity contribution in [2.75, 3.05) is 12.3 Å². The molecule has 0 fully saturated rings. The molecule has 0 spiro atoms. The first-order valence-electron chi connectivity index (χ1n) is 7.70. The van der Waals surface area contributed by atoms with E-state index >= 15 is 0 Å². The summed E-state index contributed by atoms with van der Waals surface area (Å²) < 4.78 is 8.29. The lowest BCUT2D eigenvalue weighted by Gasteiger charge is -2.36. The van der Waals surface area contributed by atoms with Crippen molar-refractivity contribution in [2.45, 2.75) is 58.3 Å². The van der Waals surface area contributed by atoms with Crippen LogP contribution in [-0.2, 0) is 4.43 Å². The Balaban J connectivity index is 2.03. The highest BCUT2D eigenvalue weighted by molar-refractivity contribution is 6.74. The average molecular weight is 322 g/mol. The maximum Gasteiger partial charge on any atom is 0.191 e. The van der Waals surface area contributed by atoms with E-state index in [1.807, 2.05) is 4.57 Å². The summed E-state index contributed by atoms with van der Waals surface area (Å²) in [4.78, 5) is 12.6. The summed E-state index contributed by atoms with van der Waals surface area (Å²) >= 11 is 0. The molecule has 2 aromatic heterocycles. The molecule has 6 nitrogen and oxygen atoms in total. The zero-order valence-corrected chi connectivity index (χ0v) is 15.4. The maximum atomic E-state index is 6.25. The molecule has 0 saturated carbocycles. The average Bonchev–Trinajstić information content (AvgIpc) is 2.82. The Labute approximate surface area is 133 Å². The summed E-state index contributed by atoms with van der Waals surface area (Å²) in [6.07, 6.45) is 4.18. The van der Waals surface area contributed by atoms with Gasteiger partial charge >= 0.3 is 0 Å². The second kappa shape index (κ2) is 5.96. The molecule has 2 rings (SSSR count). The van der Waals surface area contributed by atoms with Crippen LogP contribution in [0.5, 0.6) is 0 Å². The van der Waals surface area contributed by atoms with Crippen molar-refractivity contribution in [1.82, 2.24) is 19.5 Å². The molecule has 22 heavy (non-hydrogen) atoms. The molecule has 0 amide bonds. The van der Waals surface area contributed by atoms with Crippen molar-refractivity contribution >= 4 is 25.3 Å². The second-order valence-electron chi connectivity index (χ2n) is 7.33. The van der Waals surface area contributed by atoms with E-state index in [1.165, 1.54) is 6.33 Å². The van der Waals surface area contributed by atoms with Crippen LogP contribution >= 0.6 is 0 Å². The second-order valence-corrected chi connectivity index (χ2v) is 12.1. The molecule has 0 bridgehead atoms. The molecule has 0 saturated heterocycles. The first kappa shape index (κ1) is 16.9. The molecule has 0 aliphatic heterocycles. The van der Waals surface area contributed by atoms with E-state index in [-0.39, 0.29) is 11.1 Å². The molecule has 0 radical (unpaired) electrons. The third kappa shape index (κ3) is 3.30. The largest absolute Gasteiger partial charge is 0.417 e. The number of aromatic nitrogens is 4. The van der Waals surface area contributed by atoms with E-state index in [2.05, 4.69) is 55.7 Å². The molecule has 2 N–H and O–H groups in total. The highest BCUT2D eigenvalue weighted by atomic mass is 28.4. The monoisotopic (exact) mass is 321 g/mol. The number of nitrogens with zero attached hydrogens (tertiary/aromatic N) is 4. The summed E-state index contributed by atoms with van der Waals surface area (Å²) in [6, 6.07) is 0.254. The van der Waals surface area contributed by atoms with E-state index in [9.17, 15) is 0 Å². The Morgan fingerprint density at radius 1 is 1.27 bits per heavy atom. The Morgan fingerprint density at radius 2 is 1.95 bits per heavy atom. The number of hydrogen-bond donors (Lipinski definition) is 1. The molecule has 122 valence electrons. The highest BCUT2D eigenvalue weighted by Gasteiger charge is 2.36. The minimum atomic E-state index is -1.69. The third-order valence-electron chi connectivity index (χ3n) is 4.67. The summed E-state index contributed by atoms with van der Waals surface area (Å²) in [7, 11) is -1.69. The van der Waals surface area contributed by atoms with Gasteiger partial charge in [0.25, 0.3) is 0 Å². The number of hydrogen-bond acceptors (Lipinski definition) is 5. The van der Waals surface area contributed by atoms with Crippen LogP contribution in [0, 0.1) is 0 Å². The van der Waals surface area contributed by atoms with Crippen LogP contribution in [0.2, 0.25) is 18.1 Å². The van der Waals surface area contributed by atoms with Crippen LogP contribution in [-0.4, -0.2) is 34.4 Å². The van der Waals surface area contributed by atoms with Gasteiger partial charge in [0.1, 0.15) is 11.8 Å². The molecule has 0 aliphatic rings. The van der Waals surface area contributed by atoms with Gasteiger partial charge in [-0.25, -0.2) is 15.0 Å². The number of rotatable bonds is 5. The lowest BCUT2D eigenvalue weighted by molar-refractivity contribution is 0.261. The molecule has 2 heterocycles. The van der Waals surface area contributed by atoms with E-state index in [0.29, 0.717) is 11.3 Å². The van der Waals surface area contributed by atoms with Crippen molar-refractivity contribution in [2.24, 2.45) is 0 Å². The van der Waals surface area contributed by atoms with Crippen LogP contribution in [0.15, 0.2) is 12.7 Å². The first-order chi connectivity index (χ1) is 10.1. The Kier molecular flexibility index (Phi) is 4.58. The Morgan fingerprint density at radius 3 is 2.59 bits per heavy atom. The van der Waals surface area contributed by atoms with Crippen molar-refractivity contribution < 1.29 is 4.43 Å². The van der Waals surface area contributed by atoms with Crippen LogP contribution in [0.4, 0.5) is 5.82 Å². The van der Waals surface area contributed by atoms with Gasteiger partial charge in [-0.2, -0.15) is 0 Å². The first-order valence-corrected chi connectivity index (χ1v) is 10.6. The predicted molar refractivity (Wildman–Crippen MR) is 92.2 cm³/mol. The van der Waals surface area contributed by atoms with Crippen LogP contribution in [0.3, 0.4) is 0 Å². The molecule has 0 aliphatic carbocycles. The smallest absolute Gasteiger partial charge is 0.191 e. The van der Waals surface area contributed by atoms with Gasteiger partial charge in [0, 0.05) is 12.6 Å². The van der Waals surface area contributed by atoms with Gasteiger partial charge in [-0.1, -0.05) is 20.8 Å². The SMILES string of the molecule is CC(CCO[Si](C)(C)C(C)(C)C)n1cnc2c(N)ncnc21. The van der Waals surface area contributed by atoms with Crippen LogP contribution in [0.1, 0.15) is 40.2 Å². The lowest BCUT2D eigenvalue weighted by atomic mass is 10.2. The summed E-state index contributed by atoms with van der Waals surface area (Å²) in [5, 5.41) is 0.236. The topological polar surface area (TPSA) is 78.9 Å². The Hall–Kier alpha value is -1.47. The minimum Gasteiger partial charge on any atom is -0.417 e. The van der Waals surface area contributed by atoms with Gasteiger partial charge in [0.05, 0.1) is 6.33 Å². The van der Waals surface area contributed by atoms with Gasteiger partial charge in [0.15, 0.2) is 19.8 Å². The third-order valence-corrected chi connectivity index (χ3v) is 9.20. The van der Waals surface area contributed by atoms with Crippen molar-refractivity contribution in [3.8, 4) is 0 Å². The molecular weight excluding hydrogens is 294 g/mol. The maximum absolute atomic E-state index is 6.25. The fourth-order valence-corrected chi connectivity index (χ4v) is 3.09.